The summed E-state index contributed by atoms with van der Waals surface area (Å²) in [7, 11) is 0. The van der Waals surface area contributed by atoms with Gasteiger partial charge in [-0.25, -0.2) is 0 Å². The molecule has 0 radical (unpaired) electrons. The first-order valence-corrected chi connectivity index (χ1v) is 11.3. The average Bonchev–Trinajstić information content (AvgIpc) is 2.86. The molecule has 0 N–H and O–H groups in total. The molecule has 170 valence electrons. The Labute approximate surface area is 212 Å². The molecule has 0 amide bonds. The van der Waals surface area contributed by atoms with E-state index in [0.717, 1.165) is 17.1 Å². The van der Waals surface area contributed by atoms with Crippen molar-refractivity contribution in [1.82, 2.24) is 0 Å². The van der Waals surface area contributed by atoms with Gasteiger partial charge in [0.25, 0.3) is 0 Å². The van der Waals surface area contributed by atoms with Gasteiger partial charge in [0, 0.05) is 50.4 Å². The van der Waals surface area contributed by atoms with Crippen LogP contribution < -0.4 is 4.90 Å². The lowest BCUT2D eigenvalue weighted by atomic mass is 10.1. The number of ketones is 3. The molecular weight excluding hydrogens is 493 g/mol. The third kappa shape index (κ3) is 6.12. The Morgan fingerprint density at radius 2 is 0.706 bits per heavy atom. The summed E-state index contributed by atoms with van der Waals surface area (Å²) in [4.78, 5) is 38.2. The number of nitrogens with zero attached hydrogens (tertiary/aromatic N) is 1. The molecule has 0 heterocycles. The van der Waals surface area contributed by atoms with Crippen LogP contribution in [0.2, 0.25) is 0 Å². The monoisotopic (exact) mass is 509 g/mol. The molecule has 3 aromatic rings. The molecule has 0 saturated carbocycles. The van der Waals surface area contributed by atoms with Gasteiger partial charge in [-0.05, 0) is 91.0 Å². The highest BCUT2D eigenvalue weighted by molar-refractivity contribution is 6.28. The van der Waals surface area contributed by atoms with Crippen LogP contribution in [0.3, 0.4) is 0 Å². The maximum Gasteiger partial charge on any atom is 0.186 e. The lowest BCUT2D eigenvalue weighted by Gasteiger charge is -2.26. The van der Waals surface area contributed by atoms with Crippen LogP contribution in [0.25, 0.3) is 0 Å². The van der Waals surface area contributed by atoms with Crippen LogP contribution >= 0.6 is 34.8 Å². The van der Waals surface area contributed by atoms with Crippen LogP contribution in [0.1, 0.15) is 31.1 Å². The summed E-state index contributed by atoms with van der Waals surface area (Å²) in [6.07, 6.45) is 3.85. The van der Waals surface area contributed by atoms with Gasteiger partial charge in [-0.1, -0.05) is 34.8 Å². The van der Waals surface area contributed by atoms with Gasteiger partial charge in [0.2, 0.25) is 0 Å². The first-order valence-electron chi connectivity index (χ1n) is 10.0. The zero-order chi connectivity index (χ0) is 24.5. The Morgan fingerprint density at radius 1 is 0.471 bits per heavy atom. The van der Waals surface area contributed by atoms with Crippen molar-refractivity contribution in [3.05, 3.63) is 124 Å². The highest BCUT2D eigenvalue weighted by Gasteiger charge is 2.15. The van der Waals surface area contributed by atoms with Crippen LogP contribution in [0.4, 0.5) is 17.1 Å². The number of carbonyl (C=O) groups excluding carboxylic acids is 3. The summed E-state index contributed by atoms with van der Waals surface area (Å²) >= 11 is 16.6. The third-order valence-corrected chi connectivity index (χ3v) is 5.25. The molecular formula is C27H18Cl3NO3. The van der Waals surface area contributed by atoms with Crippen LogP contribution in [0.5, 0.6) is 0 Å². The molecule has 0 unspecified atom stereocenters. The fourth-order valence-electron chi connectivity index (χ4n) is 3.23. The predicted octanol–water partition coefficient (Wildman–Crippen LogP) is 7.96. The Morgan fingerprint density at radius 3 is 0.912 bits per heavy atom. The summed E-state index contributed by atoms with van der Waals surface area (Å²) in [5, 5.41) is 0. The molecule has 3 rings (SSSR count). The summed E-state index contributed by atoms with van der Waals surface area (Å²) in [5.41, 5.74) is 7.30. The first-order chi connectivity index (χ1) is 16.5. The highest BCUT2D eigenvalue weighted by Crippen LogP contribution is 2.35. The highest BCUT2D eigenvalue weighted by atomic mass is 35.5. The van der Waals surface area contributed by atoms with Gasteiger partial charge in [-0.2, -0.15) is 0 Å². The van der Waals surface area contributed by atoms with E-state index in [1.165, 1.54) is 34.8 Å². The maximum atomic E-state index is 12.1. The Bertz CT molecular complexity index is 1100. The van der Waals surface area contributed by atoms with Crippen molar-refractivity contribution in [3.8, 4) is 0 Å². The van der Waals surface area contributed by atoms with E-state index < -0.39 is 0 Å². The minimum absolute atomic E-state index is 0.210. The van der Waals surface area contributed by atoms with Crippen molar-refractivity contribution in [1.29, 1.82) is 0 Å². The van der Waals surface area contributed by atoms with E-state index in [2.05, 4.69) is 0 Å². The van der Waals surface area contributed by atoms with E-state index >= 15 is 0 Å². The summed E-state index contributed by atoms with van der Waals surface area (Å²) < 4.78 is 0. The number of benzene rings is 3. The van der Waals surface area contributed by atoms with Crippen molar-refractivity contribution in [2.45, 2.75) is 0 Å². The fraction of sp³-hybridized carbons (Fsp3) is 0. The van der Waals surface area contributed by atoms with Crippen molar-refractivity contribution in [2.24, 2.45) is 0 Å². The molecule has 0 aromatic heterocycles. The number of hydrogen-bond donors (Lipinski definition) is 0. The molecule has 0 aliphatic rings. The SMILES string of the molecule is O=C(C=CCl)c1ccc(N(c2ccc(C(=O)C=CCl)cc2)c2ccc(C(=O)C=CCl)cc2)cc1. The predicted molar refractivity (Wildman–Crippen MR) is 139 cm³/mol. The lowest BCUT2D eigenvalue weighted by Crippen LogP contribution is -2.11. The number of hydrogen-bond acceptors (Lipinski definition) is 4. The van der Waals surface area contributed by atoms with E-state index in [0.29, 0.717) is 16.7 Å². The number of rotatable bonds is 9. The molecule has 0 atom stereocenters. The van der Waals surface area contributed by atoms with E-state index in [9.17, 15) is 14.4 Å². The van der Waals surface area contributed by atoms with Crippen LogP contribution in [-0.2, 0) is 0 Å². The number of allylic oxidation sites excluding steroid dienone is 3. The standard InChI is InChI=1S/C27H18Cl3NO3/c28-16-13-25(32)19-1-7-22(8-2-19)31(23-9-3-20(4-10-23)26(33)14-17-29)24-11-5-21(6-12-24)27(34)15-18-30/h1-18H. The smallest absolute Gasteiger partial charge is 0.186 e. The quantitative estimate of drug-likeness (QED) is 0.216. The zero-order valence-electron chi connectivity index (χ0n) is 17.7. The Hall–Kier alpha value is -3.44. The molecule has 0 saturated heterocycles. The third-order valence-electron chi connectivity index (χ3n) is 4.87. The Kier molecular flexibility index (Phi) is 9.00. The minimum Gasteiger partial charge on any atom is -0.311 e. The largest absolute Gasteiger partial charge is 0.311 e. The van der Waals surface area contributed by atoms with Gasteiger partial charge in [0.1, 0.15) is 0 Å². The van der Waals surface area contributed by atoms with Crippen molar-refractivity contribution < 1.29 is 14.4 Å². The molecule has 0 bridgehead atoms. The number of carbonyl (C=O) groups is 3. The lowest BCUT2D eigenvalue weighted by molar-refractivity contribution is 0.103. The first kappa shape index (κ1) is 25.2. The topological polar surface area (TPSA) is 54.5 Å². The second-order valence-electron chi connectivity index (χ2n) is 6.95. The number of anilines is 3. The second kappa shape index (κ2) is 12.1. The van der Waals surface area contributed by atoms with Gasteiger partial charge < -0.3 is 4.90 Å². The molecule has 0 spiro atoms. The summed E-state index contributed by atoms with van der Waals surface area (Å²) in [6.45, 7) is 0. The van der Waals surface area contributed by atoms with E-state index in [4.69, 9.17) is 34.8 Å². The summed E-state index contributed by atoms with van der Waals surface area (Å²) in [6, 6.07) is 21.0. The second-order valence-corrected chi connectivity index (χ2v) is 7.70. The normalized spacial score (nSPS) is 11.4. The van der Waals surface area contributed by atoms with Crippen molar-refractivity contribution >= 4 is 69.2 Å². The Balaban J connectivity index is 2.04. The van der Waals surface area contributed by atoms with Crippen LogP contribution in [-0.4, -0.2) is 17.3 Å². The van der Waals surface area contributed by atoms with Gasteiger partial charge in [0.05, 0.1) is 0 Å². The van der Waals surface area contributed by atoms with Crippen LogP contribution in [0.15, 0.2) is 108 Å². The fourth-order valence-corrected chi connectivity index (χ4v) is 3.58. The van der Waals surface area contributed by atoms with Gasteiger partial charge >= 0.3 is 0 Å². The molecule has 0 aliphatic heterocycles. The van der Waals surface area contributed by atoms with Gasteiger partial charge in [-0.15, -0.1) is 0 Å². The minimum atomic E-state index is -0.210. The van der Waals surface area contributed by atoms with Crippen molar-refractivity contribution in [2.75, 3.05) is 4.90 Å². The van der Waals surface area contributed by atoms with Gasteiger partial charge in [0.15, 0.2) is 17.3 Å². The molecule has 3 aromatic carbocycles. The van der Waals surface area contributed by atoms with E-state index in [1.54, 1.807) is 72.8 Å². The molecule has 34 heavy (non-hydrogen) atoms. The van der Waals surface area contributed by atoms with E-state index in [1.807, 2.05) is 4.90 Å². The summed E-state index contributed by atoms with van der Waals surface area (Å²) in [5.74, 6) is -0.629. The molecule has 4 nitrogen and oxygen atoms in total. The average molecular weight is 511 g/mol. The van der Waals surface area contributed by atoms with Gasteiger partial charge in [-0.3, -0.25) is 14.4 Å². The molecule has 0 aliphatic carbocycles. The maximum absolute atomic E-state index is 12.1. The van der Waals surface area contributed by atoms with Crippen LogP contribution in [0, 0.1) is 0 Å². The van der Waals surface area contributed by atoms with E-state index in [-0.39, 0.29) is 17.3 Å². The molecule has 7 heteroatoms. The molecule has 0 fully saturated rings. The zero-order valence-corrected chi connectivity index (χ0v) is 20.0. The number of halogens is 3. The van der Waals surface area contributed by atoms with Crippen molar-refractivity contribution in [3.63, 3.8) is 0 Å².